The van der Waals surface area contributed by atoms with Gasteiger partial charge in [0, 0.05) is 0 Å². The van der Waals surface area contributed by atoms with E-state index in [1.807, 2.05) is 6.07 Å². The van der Waals surface area contributed by atoms with Gasteiger partial charge >= 0.3 is 42.6 Å². The zero-order valence-corrected chi connectivity index (χ0v) is 7.54. The van der Waals surface area contributed by atoms with Crippen LogP contribution in [0.25, 0.3) is 0 Å². The van der Waals surface area contributed by atoms with Crippen LogP contribution in [-0.2, 0) is 0 Å². The van der Waals surface area contributed by atoms with E-state index >= 15 is 0 Å². The van der Waals surface area contributed by atoms with E-state index in [1.54, 1.807) is 0 Å². The molecule has 0 bridgehead atoms. The van der Waals surface area contributed by atoms with Gasteiger partial charge in [0.05, 0.1) is 0 Å². The molecular formula is C5H5ISe. The van der Waals surface area contributed by atoms with Crippen molar-refractivity contribution in [2.45, 2.75) is 0 Å². The average Bonchev–Trinajstić information content (AvgIpc) is 1.72. The van der Waals surface area contributed by atoms with Crippen LogP contribution in [0.15, 0.2) is 28.1 Å². The first kappa shape index (κ1) is 7.60. The molecule has 38 valence electrons. The summed E-state index contributed by atoms with van der Waals surface area (Å²) in [5, 5.41) is 0. The van der Waals surface area contributed by atoms with Crippen LogP contribution < -0.4 is 24.0 Å². The van der Waals surface area contributed by atoms with Crippen LogP contribution in [0.3, 0.4) is 0 Å². The molecule has 0 aliphatic carbocycles. The molecule has 7 heavy (non-hydrogen) atoms. The van der Waals surface area contributed by atoms with E-state index in [-0.39, 0.29) is 24.0 Å². The van der Waals surface area contributed by atoms with Crippen molar-refractivity contribution in [1.82, 2.24) is 0 Å². The molecule has 0 atom stereocenters. The predicted octanol–water partition coefficient (Wildman–Crippen LogP) is -1.97. The second kappa shape index (κ2) is 4.75. The fraction of sp³-hybridized carbons (Fsp3) is 0. The van der Waals surface area contributed by atoms with Gasteiger partial charge in [-0.15, -0.1) is 0 Å². The summed E-state index contributed by atoms with van der Waals surface area (Å²) in [6.07, 6.45) is 0. The van der Waals surface area contributed by atoms with E-state index in [0.717, 1.165) is 0 Å². The standard InChI is InChI=1S/C5H5Se.HI/c1-2-4-6-5-3-1;/h1-5H;1H/q+1;/p-1. The van der Waals surface area contributed by atoms with Gasteiger partial charge in [0.2, 0.25) is 0 Å². The van der Waals surface area contributed by atoms with Crippen LogP contribution in [0.2, 0.25) is 0 Å². The first-order valence-electron chi connectivity index (χ1n) is 1.80. The molecule has 0 aliphatic heterocycles. The van der Waals surface area contributed by atoms with E-state index in [0.29, 0.717) is 14.5 Å². The fourth-order valence-electron chi connectivity index (χ4n) is 0.291. The van der Waals surface area contributed by atoms with Crippen LogP contribution in [-0.4, -0.2) is 14.5 Å². The van der Waals surface area contributed by atoms with Crippen LogP contribution >= 0.6 is 0 Å². The third kappa shape index (κ3) is 3.21. The first-order valence-corrected chi connectivity index (χ1v) is 3.78. The molecular weight excluding hydrogens is 266 g/mol. The van der Waals surface area contributed by atoms with Gasteiger partial charge in [0.25, 0.3) is 0 Å². The van der Waals surface area contributed by atoms with Gasteiger partial charge in [-0.2, -0.15) is 0 Å². The third-order valence-corrected chi connectivity index (χ3v) is 1.86. The third-order valence-electron chi connectivity index (χ3n) is 0.536. The first-order chi connectivity index (χ1) is 3.00. The molecule has 0 unspecified atom stereocenters. The quantitative estimate of drug-likeness (QED) is 0.379. The number of halogens is 1. The van der Waals surface area contributed by atoms with E-state index < -0.39 is 0 Å². The monoisotopic (exact) mass is 272 g/mol. The molecule has 1 aromatic rings. The zero-order chi connectivity index (χ0) is 4.24. The molecule has 0 amide bonds. The Morgan fingerprint density at radius 3 is 1.57 bits per heavy atom. The van der Waals surface area contributed by atoms with E-state index in [2.05, 4.69) is 22.0 Å². The van der Waals surface area contributed by atoms with Crippen LogP contribution in [0.5, 0.6) is 0 Å². The van der Waals surface area contributed by atoms with Gasteiger partial charge in [-0.05, 0) is 0 Å². The number of hydrogen-bond acceptors (Lipinski definition) is 0. The Kier molecular flexibility index (Phi) is 5.16. The Bertz CT molecular complexity index is 80.0. The van der Waals surface area contributed by atoms with Crippen molar-refractivity contribution < 1.29 is 24.0 Å². The average molecular weight is 271 g/mol. The minimum atomic E-state index is 0. The molecule has 1 rings (SSSR count). The summed E-state index contributed by atoms with van der Waals surface area (Å²) in [5.74, 6) is 0. The molecule has 0 nitrogen and oxygen atoms in total. The Morgan fingerprint density at radius 1 is 0.857 bits per heavy atom. The SMILES string of the molecule is [I-].c1cc[se+]cc1. The summed E-state index contributed by atoms with van der Waals surface area (Å²) in [6, 6.07) is 6.21. The van der Waals surface area contributed by atoms with Gasteiger partial charge in [0.1, 0.15) is 0 Å². The molecule has 0 N–H and O–H groups in total. The topological polar surface area (TPSA) is 0 Å². The Balaban J connectivity index is 0.000000360. The van der Waals surface area contributed by atoms with Gasteiger partial charge in [-0.1, -0.05) is 0 Å². The fourth-order valence-corrected chi connectivity index (χ4v) is 1.24. The molecule has 0 radical (unpaired) electrons. The van der Waals surface area contributed by atoms with Crippen molar-refractivity contribution in [2.75, 3.05) is 0 Å². The maximum atomic E-state index is 2.19. The normalized spacial score (nSPS) is 6.86. The molecule has 0 spiro atoms. The van der Waals surface area contributed by atoms with Gasteiger partial charge < -0.3 is 24.0 Å². The van der Waals surface area contributed by atoms with Crippen LogP contribution in [0.1, 0.15) is 0 Å². The van der Waals surface area contributed by atoms with E-state index in [4.69, 9.17) is 0 Å². The van der Waals surface area contributed by atoms with E-state index in [9.17, 15) is 0 Å². The van der Waals surface area contributed by atoms with Crippen molar-refractivity contribution in [3.63, 3.8) is 0 Å². The summed E-state index contributed by atoms with van der Waals surface area (Å²) < 4.78 is 0. The Labute approximate surface area is 66.3 Å². The molecule has 0 aromatic carbocycles. The Morgan fingerprint density at radius 2 is 1.43 bits per heavy atom. The molecule has 0 fully saturated rings. The van der Waals surface area contributed by atoms with Gasteiger partial charge in [-0.3, -0.25) is 0 Å². The van der Waals surface area contributed by atoms with Crippen molar-refractivity contribution in [3.8, 4) is 0 Å². The predicted molar refractivity (Wildman–Crippen MR) is 27.8 cm³/mol. The minimum absolute atomic E-state index is 0. The summed E-state index contributed by atoms with van der Waals surface area (Å²) in [6.45, 7) is 0. The van der Waals surface area contributed by atoms with Crippen molar-refractivity contribution in [2.24, 2.45) is 0 Å². The summed E-state index contributed by atoms with van der Waals surface area (Å²) in [7, 11) is 0. The summed E-state index contributed by atoms with van der Waals surface area (Å²) >= 11 is 0.661. The molecule has 1 aromatic heterocycles. The van der Waals surface area contributed by atoms with Crippen LogP contribution in [0, 0.1) is 0 Å². The van der Waals surface area contributed by atoms with Gasteiger partial charge in [0.15, 0.2) is 0 Å². The second-order valence-corrected chi connectivity index (χ2v) is 2.70. The molecule has 1 heterocycles. The van der Waals surface area contributed by atoms with Crippen molar-refractivity contribution in [1.29, 1.82) is 0 Å². The Hall–Kier alpha value is 0.599. The summed E-state index contributed by atoms with van der Waals surface area (Å²) in [4.78, 5) is 4.38. The number of hydrogen-bond donors (Lipinski definition) is 0. The van der Waals surface area contributed by atoms with Crippen molar-refractivity contribution >= 4 is 14.5 Å². The molecule has 0 aliphatic rings. The van der Waals surface area contributed by atoms with E-state index in [1.165, 1.54) is 0 Å². The number of rotatable bonds is 0. The second-order valence-electron chi connectivity index (χ2n) is 0.986. The zero-order valence-electron chi connectivity index (χ0n) is 3.67. The van der Waals surface area contributed by atoms with Crippen molar-refractivity contribution in [3.05, 3.63) is 28.1 Å². The summed E-state index contributed by atoms with van der Waals surface area (Å²) in [5.41, 5.74) is 0. The van der Waals surface area contributed by atoms with Crippen LogP contribution in [0.4, 0.5) is 0 Å². The molecule has 2 heteroatoms. The maximum absolute atomic E-state index is 2.19. The molecule has 0 saturated heterocycles. The molecule has 0 saturated carbocycles. The van der Waals surface area contributed by atoms with Gasteiger partial charge in [-0.25, -0.2) is 0 Å².